The van der Waals surface area contributed by atoms with Crippen LogP contribution in [0, 0.1) is 11.7 Å². The quantitative estimate of drug-likeness (QED) is 0.894. The van der Waals surface area contributed by atoms with Crippen molar-refractivity contribution in [3.05, 3.63) is 35.6 Å². The fourth-order valence-electron chi connectivity index (χ4n) is 3.56. The van der Waals surface area contributed by atoms with Gasteiger partial charge >= 0.3 is 0 Å². The van der Waals surface area contributed by atoms with Crippen molar-refractivity contribution in [1.29, 1.82) is 0 Å². The fourth-order valence-corrected chi connectivity index (χ4v) is 3.56. The second kappa shape index (κ2) is 7.88. The van der Waals surface area contributed by atoms with Gasteiger partial charge in [0.25, 0.3) is 0 Å². The number of likely N-dealkylation sites (tertiary alicyclic amines) is 1. The molecule has 2 aliphatic rings. The minimum absolute atomic E-state index is 0.173. The van der Waals surface area contributed by atoms with Crippen LogP contribution < -0.4 is 5.32 Å². The molecule has 3 rings (SSSR count). The summed E-state index contributed by atoms with van der Waals surface area (Å²) in [4.78, 5) is 16.6. The molecule has 5 heteroatoms. The Balaban J connectivity index is 1.39. The fraction of sp³-hybridized carbons (Fsp3) is 0.611. The van der Waals surface area contributed by atoms with Gasteiger partial charge < -0.3 is 15.1 Å². The highest BCUT2D eigenvalue weighted by Crippen LogP contribution is 2.21. The van der Waals surface area contributed by atoms with Crippen molar-refractivity contribution in [2.45, 2.75) is 19.3 Å². The van der Waals surface area contributed by atoms with Crippen LogP contribution in [0.2, 0.25) is 0 Å². The number of rotatable bonds is 5. The maximum atomic E-state index is 12.9. The summed E-state index contributed by atoms with van der Waals surface area (Å²) in [5, 5.41) is 3.27. The average Bonchev–Trinajstić information content (AvgIpc) is 3.03. The van der Waals surface area contributed by atoms with Crippen molar-refractivity contribution in [2.75, 3.05) is 45.8 Å². The van der Waals surface area contributed by atoms with Crippen LogP contribution >= 0.6 is 0 Å². The van der Waals surface area contributed by atoms with Crippen molar-refractivity contribution in [3.8, 4) is 0 Å². The van der Waals surface area contributed by atoms with Gasteiger partial charge in [0.1, 0.15) is 5.82 Å². The monoisotopic (exact) mass is 319 g/mol. The minimum Gasteiger partial charge on any atom is -0.340 e. The first-order chi connectivity index (χ1) is 11.2. The van der Waals surface area contributed by atoms with Gasteiger partial charge in [-0.2, -0.15) is 0 Å². The third kappa shape index (κ3) is 4.75. The SMILES string of the molecule is O=C(CCN1CCC(Cc2ccc(F)cc2)C1)N1CCNCC1. The molecule has 1 N–H and O–H groups in total. The second-order valence-electron chi connectivity index (χ2n) is 6.67. The highest BCUT2D eigenvalue weighted by molar-refractivity contribution is 5.76. The number of hydrogen-bond donors (Lipinski definition) is 1. The van der Waals surface area contributed by atoms with Crippen molar-refractivity contribution in [1.82, 2.24) is 15.1 Å². The molecule has 1 unspecified atom stereocenters. The Hall–Kier alpha value is -1.46. The summed E-state index contributed by atoms with van der Waals surface area (Å²) >= 11 is 0. The summed E-state index contributed by atoms with van der Waals surface area (Å²) in [5.74, 6) is 0.733. The predicted molar refractivity (Wildman–Crippen MR) is 88.7 cm³/mol. The zero-order chi connectivity index (χ0) is 16.1. The third-order valence-corrected chi connectivity index (χ3v) is 4.92. The Morgan fingerprint density at radius 2 is 1.91 bits per heavy atom. The summed E-state index contributed by atoms with van der Waals surface area (Å²) in [6.45, 7) is 6.48. The molecule has 2 heterocycles. The first kappa shape index (κ1) is 16.4. The number of hydrogen-bond acceptors (Lipinski definition) is 3. The topological polar surface area (TPSA) is 35.6 Å². The second-order valence-corrected chi connectivity index (χ2v) is 6.67. The molecule has 2 aliphatic heterocycles. The molecule has 4 nitrogen and oxygen atoms in total. The summed E-state index contributed by atoms with van der Waals surface area (Å²) in [7, 11) is 0. The van der Waals surface area contributed by atoms with E-state index in [1.807, 2.05) is 17.0 Å². The van der Waals surface area contributed by atoms with E-state index in [1.165, 1.54) is 24.1 Å². The predicted octanol–water partition coefficient (Wildman–Crippen LogP) is 1.51. The van der Waals surface area contributed by atoms with Crippen LogP contribution in [0.1, 0.15) is 18.4 Å². The van der Waals surface area contributed by atoms with E-state index in [4.69, 9.17) is 0 Å². The lowest BCUT2D eigenvalue weighted by molar-refractivity contribution is -0.132. The van der Waals surface area contributed by atoms with Crippen molar-refractivity contribution < 1.29 is 9.18 Å². The van der Waals surface area contributed by atoms with E-state index >= 15 is 0 Å². The number of piperazine rings is 1. The molecule has 2 saturated heterocycles. The molecule has 0 aromatic heterocycles. The zero-order valence-corrected chi connectivity index (χ0v) is 13.6. The Kier molecular flexibility index (Phi) is 5.62. The van der Waals surface area contributed by atoms with Crippen molar-refractivity contribution >= 4 is 5.91 Å². The maximum Gasteiger partial charge on any atom is 0.223 e. The van der Waals surface area contributed by atoms with Crippen molar-refractivity contribution in [2.24, 2.45) is 5.92 Å². The molecular weight excluding hydrogens is 293 g/mol. The van der Waals surface area contributed by atoms with Gasteiger partial charge in [-0.25, -0.2) is 4.39 Å². The van der Waals surface area contributed by atoms with Crippen LogP contribution in [0.5, 0.6) is 0 Å². The maximum absolute atomic E-state index is 12.9. The number of halogens is 1. The van der Waals surface area contributed by atoms with Crippen LogP contribution in [0.4, 0.5) is 4.39 Å². The van der Waals surface area contributed by atoms with Gasteiger partial charge in [-0.3, -0.25) is 4.79 Å². The van der Waals surface area contributed by atoms with Crippen LogP contribution in [-0.2, 0) is 11.2 Å². The van der Waals surface area contributed by atoms with Gasteiger partial charge in [0, 0.05) is 45.7 Å². The summed E-state index contributed by atoms with van der Waals surface area (Å²) in [6.07, 6.45) is 2.80. The van der Waals surface area contributed by atoms with Crippen LogP contribution in [0.3, 0.4) is 0 Å². The van der Waals surface area contributed by atoms with Gasteiger partial charge in [0.2, 0.25) is 5.91 Å². The van der Waals surface area contributed by atoms with Gasteiger partial charge in [-0.15, -0.1) is 0 Å². The van der Waals surface area contributed by atoms with E-state index in [9.17, 15) is 9.18 Å². The molecular formula is C18H26FN3O. The van der Waals surface area contributed by atoms with Crippen LogP contribution in [0.25, 0.3) is 0 Å². The average molecular weight is 319 g/mol. The van der Waals surface area contributed by atoms with E-state index in [0.717, 1.165) is 52.2 Å². The van der Waals surface area contributed by atoms with E-state index in [0.29, 0.717) is 12.3 Å². The summed E-state index contributed by atoms with van der Waals surface area (Å²) in [6, 6.07) is 6.83. The first-order valence-electron chi connectivity index (χ1n) is 8.66. The lowest BCUT2D eigenvalue weighted by Gasteiger charge is -2.28. The van der Waals surface area contributed by atoms with E-state index in [1.54, 1.807) is 0 Å². The molecule has 1 aromatic rings. The largest absolute Gasteiger partial charge is 0.340 e. The Morgan fingerprint density at radius 3 is 2.65 bits per heavy atom. The third-order valence-electron chi connectivity index (χ3n) is 4.92. The van der Waals surface area contributed by atoms with Crippen molar-refractivity contribution in [3.63, 3.8) is 0 Å². The Morgan fingerprint density at radius 1 is 1.17 bits per heavy atom. The molecule has 0 bridgehead atoms. The van der Waals surface area contributed by atoms with Gasteiger partial charge in [0.15, 0.2) is 0 Å². The number of carbonyl (C=O) groups excluding carboxylic acids is 1. The minimum atomic E-state index is -0.173. The van der Waals surface area contributed by atoms with E-state index in [-0.39, 0.29) is 11.7 Å². The number of nitrogens with one attached hydrogen (secondary N) is 1. The highest BCUT2D eigenvalue weighted by Gasteiger charge is 2.24. The molecule has 126 valence electrons. The first-order valence-corrected chi connectivity index (χ1v) is 8.66. The number of carbonyl (C=O) groups is 1. The summed E-state index contributed by atoms with van der Waals surface area (Å²) < 4.78 is 12.9. The molecule has 1 atom stereocenters. The van der Waals surface area contributed by atoms with Gasteiger partial charge in [-0.05, 0) is 43.0 Å². The normalized spacial score (nSPS) is 22.5. The lowest BCUT2D eigenvalue weighted by Crippen LogP contribution is -2.47. The smallest absolute Gasteiger partial charge is 0.223 e. The molecule has 1 amide bonds. The molecule has 23 heavy (non-hydrogen) atoms. The molecule has 0 saturated carbocycles. The summed E-state index contributed by atoms with van der Waals surface area (Å²) in [5.41, 5.74) is 1.20. The van der Waals surface area contributed by atoms with E-state index in [2.05, 4.69) is 10.2 Å². The van der Waals surface area contributed by atoms with Gasteiger partial charge in [0.05, 0.1) is 0 Å². The Bertz CT molecular complexity index is 514. The molecule has 1 aromatic carbocycles. The molecule has 0 spiro atoms. The number of benzene rings is 1. The molecule has 0 radical (unpaired) electrons. The zero-order valence-electron chi connectivity index (χ0n) is 13.6. The molecule has 2 fully saturated rings. The van der Waals surface area contributed by atoms with Crippen LogP contribution in [-0.4, -0.2) is 61.5 Å². The molecule has 0 aliphatic carbocycles. The van der Waals surface area contributed by atoms with E-state index < -0.39 is 0 Å². The standard InChI is InChI=1S/C18H26FN3O/c19-17-3-1-15(2-4-17)13-16-5-9-21(14-16)10-6-18(23)22-11-7-20-8-12-22/h1-4,16,20H,5-14H2. The number of nitrogens with zero attached hydrogens (tertiary/aromatic N) is 2. The highest BCUT2D eigenvalue weighted by atomic mass is 19.1. The van der Waals surface area contributed by atoms with Gasteiger partial charge in [-0.1, -0.05) is 12.1 Å². The number of amides is 1. The lowest BCUT2D eigenvalue weighted by atomic mass is 9.99. The Labute approximate surface area is 137 Å². The van der Waals surface area contributed by atoms with Crippen LogP contribution in [0.15, 0.2) is 24.3 Å².